The minimum atomic E-state index is -3.63. The average Bonchev–Trinajstić information content (AvgIpc) is 2.33. The second-order valence-electron chi connectivity index (χ2n) is 4.42. The second kappa shape index (κ2) is 5.24. The topological polar surface area (TPSA) is 63.4 Å². The molecule has 0 spiro atoms. The van der Waals surface area contributed by atoms with Crippen LogP contribution in [0.25, 0.3) is 0 Å². The third-order valence-electron chi connectivity index (χ3n) is 3.14. The number of nitrogen functional groups attached to an aromatic ring is 1. The van der Waals surface area contributed by atoms with E-state index in [9.17, 15) is 12.8 Å². The normalized spacial score (nSPS) is 13.9. The molecule has 0 heterocycles. The van der Waals surface area contributed by atoms with E-state index in [1.807, 2.05) is 13.8 Å². The summed E-state index contributed by atoms with van der Waals surface area (Å²) in [6, 6.07) is 2.35. The number of nitrogens with zero attached hydrogens (tertiary/aromatic N) is 1. The van der Waals surface area contributed by atoms with Crippen molar-refractivity contribution in [1.82, 2.24) is 4.31 Å². The summed E-state index contributed by atoms with van der Waals surface area (Å²) in [5.41, 5.74) is 5.55. The molecule has 0 aliphatic carbocycles. The first-order valence-corrected chi connectivity index (χ1v) is 7.19. The van der Waals surface area contributed by atoms with Crippen LogP contribution >= 0.6 is 0 Å². The van der Waals surface area contributed by atoms with Gasteiger partial charge in [-0.2, -0.15) is 4.31 Å². The Bertz CT molecular complexity index is 520. The van der Waals surface area contributed by atoms with E-state index < -0.39 is 15.8 Å². The quantitative estimate of drug-likeness (QED) is 0.856. The number of halogens is 1. The van der Waals surface area contributed by atoms with Crippen LogP contribution in [0.3, 0.4) is 0 Å². The van der Waals surface area contributed by atoms with E-state index in [0.29, 0.717) is 6.42 Å². The van der Waals surface area contributed by atoms with Crippen LogP contribution in [0, 0.1) is 12.7 Å². The second-order valence-corrected chi connectivity index (χ2v) is 6.42. The Morgan fingerprint density at radius 1 is 1.44 bits per heavy atom. The molecule has 1 rings (SSSR count). The van der Waals surface area contributed by atoms with Crippen molar-refractivity contribution in [2.24, 2.45) is 0 Å². The van der Waals surface area contributed by atoms with Crippen molar-refractivity contribution in [1.29, 1.82) is 0 Å². The van der Waals surface area contributed by atoms with E-state index in [2.05, 4.69) is 0 Å². The Morgan fingerprint density at radius 2 is 2.00 bits per heavy atom. The van der Waals surface area contributed by atoms with E-state index in [1.54, 1.807) is 0 Å². The molecule has 0 saturated carbocycles. The molecule has 4 nitrogen and oxygen atoms in total. The van der Waals surface area contributed by atoms with Crippen molar-refractivity contribution in [3.05, 3.63) is 23.5 Å². The van der Waals surface area contributed by atoms with E-state index in [4.69, 9.17) is 5.73 Å². The van der Waals surface area contributed by atoms with Crippen LogP contribution in [-0.2, 0) is 10.0 Å². The molecule has 1 unspecified atom stereocenters. The van der Waals surface area contributed by atoms with Crippen molar-refractivity contribution in [3.63, 3.8) is 0 Å². The van der Waals surface area contributed by atoms with Gasteiger partial charge in [0.15, 0.2) is 0 Å². The monoisotopic (exact) mass is 274 g/mol. The number of hydrogen-bond donors (Lipinski definition) is 1. The lowest BCUT2D eigenvalue weighted by atomic mass is 10.2. The van der Waals surface area contributed by atoms with Crippen molar-refractivity contribution >= 4 is 15.7 Å². The maximum atomic E-state index is 13.4. The Kier molecular flexibility index (Phi) is 4.34. The summed E-state index contributed by atoms with van der Waals surface area (Å²) in [5.74, 6) is -0.569. The molecule has 102 valence electrons. The van der Waals surface area contributed by atoms with Gasteiger partial charge in [0.1, 0.15) is 5.82 Å². The largest absolute Gasteiger partial charge is 0.396 e. The predicted molar refractivity (Wildman–Crippen MR) is 70.3 cm³/mol. The Balaban J connectivity index is 3.29. The first-order chi connectivity index (χ1) is 8.21. The van der Waals surface area contributed by atoms with Crippen molar-refractivity contribution < 1.29 is 12.8 Å². The average molecular weight is 274 g/mol. The lowest BCUT2D eigenvalue weighted by Crippen LogP contribution is -2.34. The number of rotatable bonds is 4. The number of hydrogen-bond acceptors (Lipinski definition) is 3. The lowest BCUT2D eigenvalue weighted by Gasteiger charge is -2.23. The van der Waals surface area contributed by atoms with Crippen LogP contribution in [0.4, 0.5) is 10.1 Å². The standard InChI is InChI=1S/C12H19FN2O2S/c1-5-9(3)15(4)18(16,17)10-6-8(2)12(13)11(14)7-10/h6-7,9H,5,14H2,1-4H3. The molecular formula is C12H19FN2O2S. The highest BCUT2D eigenvalue weighted by atomic mass is 32.2. The third kappa shape index (κ3) is 2.64. The zero-order valence-corrected chi connectivity index (χ0v) is 11.9. The van der Waals surface area contributed by atoms with Gasteiger partial charge in [-0.3, -0.25) is 0 Å². The maximum absolute atomic E-state index is 13.4. The number of sulfonamides is 1. The zero-order valence-electron chi connectivity index (χ0n) is 11.1. The Hall–Kier alpha value is -1.14. The highest BCUT2D eigenvalue weighted by Crippen LogP contribution is 2.24. The predicted octanol–water partition coefficient (Wildman–Crippen LogP) is 2.14. The smallest absolute Gasteiger partial charge is 0.243 e. The van der Waals surface area contributed by atoms with Gasteiger partial charge < -0.3 is 5.73 Å². The van der Waals surface area contributed by atoms with Gasteiger partial charge in [-0.15, -0.1) is 0 Å². The van der Waals surface area contributed by atoms with Crippen molar-refractivity contribution in [2.45, 2.75) is 38.1 Å². The minimum Gasteiger partial charge on any atom is -0.396 e. The highest BCUT2D eigenvalue weighted by Gasteiger charge is 2.25. The van der Waals surface area contributed by atoms with Gasteiger partial charge in [0.05, 0.1) is 10.6 Å². The van der Waals surface area contributed by atoms with Gasteiger partial charge in [-0.25, -0.2) is 12.8 Å². The number of anilines is 1. The van der Waals surface area contributed by atoms with Crippen LogP contribution in [0.2, 0.25) is 0 Å². The summed E-state index contributed by atoms with van der Waals surface area (Å²) in [5, 5.41) is 0. The zero-order chi connectivity index (χ0) is 14.1. The molecule has 0 aliphatic heterocycles. The van der Waals surface area contributed by atoms with E-state index >= 15 is 0 Å². The van der Waals surface area contributed by atoms with Gasteiger partial charge >= 0.3 is 0 Å². The van der Waals surface area contributed by atoms with Crippen molar-refractivity contribution in [2.75, 3.05) is 12.8 Å². The molecule has 18 heavy (non-hydrogen) atoms. The first-order valence-electron chi connectivity index (χ1n) is 5.75. The molecule has 0 aliphatic rings. The number of aryl methyl sites for hydroxylation is 1. The fourth-order valence-electron chi connectivity index (χ4n) is 1.57. The van der Waals surface area contributed by atoms with Crippen LogP contribution in [0.15, 0.2) is 17.0 Å². The first kappa shape index (κ1) is 14.9. The molecule has 0 amide bonds. The Labute approximate surface area is 108 Å². The van der Waals surface area contributed by atoms with E-state index in [1.165, 1.54) is 24.3 Å². The highest BCUT2D eigenvalue weighted by molar-refractivity contribution is 7.89. The van der Waals surface area contributed by atoms with Gasteiger partial charge in [-0.1, -0.05) is 6.92 Å². The van der Waals surface area contributed by atoms with Crippen LogP contribution in [0.1, 0.15) is 25.8 Å². The molecule has 1 aromatic rings. The molecule has 1 aromatic carbocycles. The molecular weight excluding hydrogens is 255 g/mol. The molecule has 0 bridgehead atoms. The molecule has 0 aromatic heterocycles. The van der Waals surface area contributed by atoms with Crippen LogP contribution in [0.5, 0.6) is 0 Å². The fraction of sp³-hybridized carbons (Fsp3) is 0.500. The van der Waals surface area contributed by atoms with Crippen LogP contribution < -0.4 is 5.73 Å². The molecule has 0 saturated heterocycles. The third-order valence-corrected chi connectivity index (χ3v) is 5.09. The Morgan fingerprint density at radius 3 is 2.44 bits per heavy atom. The molecule has 2 N–H and O–H groups in total. The van der Waals surface area contributed by atoms with Crippen LogP contribution in [-0.4, -0.2) is 25.8 Å². The number of benzene rings is 1. The maximum Gasteiger partial charge on any atom is 0.243 e. The molecule has 6 heteroatoms. The SMILES string of the molecule is CCC(C)N(C)S(=O)(=O)c1cc(C)c(F)c(N)c1. The van der Waals surface area contributed by atoms with Gasteiger partial charge in [-0.05, 0) is 38.0 Å². The summed E-state index contributed by atoms with van der Waals surface area (Å²) >= 11 is 0. The number of nitrogens with two attached hydrogens (primary N) is 1. The summed E-state index contributed by atoms with van der Waals surface area (Å²) in [6.07, 6.45) is 0.700. The minimum absolute atomic E-state index is 0.0294. The molecule has 0 radical (unpaired) electrons. The summed E-state index contributed by atoms with van der Waals surface area (Å²) in [7, 11) is -2.11. The van der Waals surface area contributed by atoms with Crippen molar-refractivity contribution in [3.8, 4) is 0 Å². The summed E-state index contributed by atoms with van der Waals surface area (Å²) in [6.45, 7) is 5.21. The fourth-order valence-corrected chi connectivity index (χ4v) is 3.13. The van der Waals surface area contributed by atoms with Gasteiger partial charge in [0.25, 0.3) is 0 Å². The molecule has 1 atom stereocenters. The van der Waals surface area contributed by atoms with Gasteiger partial charge in [0.2, 0.25) is 10.0 Å². The van der Waals surface area contributed by atoms with Gasteiger partial charge in [0, 0.05) is 13.1 Å². The lowest BCUT2D eigenvalue weighted by molar-refractivity contribution is 0.380. The summed E-state index contributed by atoms with van der Waals surface area (Å²) < 4.78 is 39.3. The molecule has 0 fully saturated rings. The van der Waals surface area contributed by atoms with E-state index in [0.717, 1.165) is 6.07 Å². The van der Waals surface area contributed by atoms with E-state index in [-0.39, 0.29) is 22.2 Å². The summed E-state index contributed by atoms with van der Waals surface area (Å²) in [4.78, 5) is 0.0294.